The van der Waals surface area contributed by atoms with Crippen molar-refractivity contribution in [3.8, 4) is 17.1 Å². The van der Waals surface area contributed by atoms with Gasteiger partial charge in [-0.2, -0.15) is 4.98 Å². The molecule has 176 valence electrons. The first-order valence-electron chi connectivity index (χ1n) is 11.4. The third-order valence-corrected chi connectivity index (χ3v) is 6.20. The molecule has 0 spiro atoms. The second-order valence-electron chi connectivity index (χ2n) is 8.52. The molecule has 0 aliphatic carbocycles. The lowest BCUT2D eigenvalue weighted by molar-refractivity contribution is 0.203. The molecule has 1 N–H and O–H groups in total. The molecule has 7 nitrogen and oxygen atoms in total. The molecule has 1 atom stereocenters. The first-order valence-corrected chi connectivity index (χ1v) is 11.4. The highest BCUT2D eigenvalue weighted by Gasteiger charge is 2.35. The molecule has 0 radical (unpaired) electrons. The van der Waals surface area contributed by atoms with Gasteiger partial charge in [0.25, 0.3) is 5.89 Å². The third kappa shape index (κ3) is 4.53. The van der Waals surface area contributed by atoms with E-state index in [4.69, 9.17) is 14.2 Å². The Labute approximate surface area is 204 Å². The summed E-state index contributed by atoms with van der Waals surface area (Å²) in [4.78, 5) is 19.7. The Morgan fingerprint density at radius 1 is 0.971 bits per heavy atom. The monoisotopic (exact) mass is 466 g/mol. The van der Waals surface area contributed by atoms with E-state index in [1.807, 2.05) is 92.7 Å². The highest BCUT2D eigenvalue weighted by Crippen LogP contribution is 2.38. The maximum absolute atomic E-state index is 13.2. The van der Waals surface area contributed by atoms with E-state index >= 15 is 0 Å². The summed E-state index contributed by atoms with van der Waals surface area (Å²) >= 11 is 0. The highest BCUT2D eigenvalue weighted by atomic mass is 16.5. The topological polar surface area (TPSA) is 80.5 Å². The minimum Gasteiger partial charge on any atom is -0.497 e. The third-order valence-electron chi connectivity index (χ3n) is 6.20. The van der Waals surface area contributed by atoms with Gasteiger partial charge in [0, 0.05) is 11.3 Å². The van der Waals surface area contributed by atoms with Crippen molar-refractivity contribution in [2.75, 3.05) is 7.11 Å². The fourth-order valence-electron chi connectivity index (χ4n) is 4.21. The molecule has 1 aromatic heterocycles. The van der Waals surface area contributed by atoms with E-state index in [-0.39, 0.29) is 6.03 Å². The van der Waals surface area contributed by atoms with Crippen LogP contribution < -0.4 is 10.1 Å². The number of aryl methyl sites for hydroxylation is 1. The quantitative estimate of drug-likeness (QED) is 0.391. The van der Waals surface area contributed by atoms with E-state index in [0.717, 1.165) is 39.3 Å². The highest BCUT2D eigenvalue weighted by molar-refractivity contribution is 5.86. The summed E-state index contributed by atoms with van der Waals surface area (Å²) in [6.07, 6.45) is 0. The zero-order chi connectivity index (χ0) is 24.4. The van der Waals surface area contributed by atoms with Crippen LogP contribution in [0.15, 0.2) is 89.1 Å². The number of carbonyl (C=O) groups excluding carboxylic acids is 1. The first kappa shape index (κ1) is 22.4. The Morgan fingerprint density at radius 2 is 1.69 bits per heavy atom. The Kier molecular flexibility index (Phi) is 6.06. The van der Waals surface area contributed by atoms with Gasteiger partial charge in [-0.25, -0.2) is 4.79 Å². The summed E-state index contributed by atoms with van der Waals surface area (Å²) in [5.41, 5.74) is 5.47. The minimum absolute atomic E-state index is 0.171. The van der Waals surface area contributed by atoms with Crippen molar-refractivity contribution in [3.63, 3.8) is 0 Å². The SMILES string of the molecule is COc1ccc(-c2noc(C3=C(C)N(Cc4ccccc4)C(=O)NC3c3ccc(C)cc3)n2)cc1. The number of amides is 2. The largest absolute Gasteiger partial charge is 0.497 e. The molecule has 1 aliphatic heterocycles. The van der Waals surface area contributed by atoms with Gasteiger partial charge in [0.05, 0.1) is 25.3 Å². The molecule has 2 heterocycles. The molecule has 1 aliphatic rings. The number of ether oxygens (including phenoxy) is 1. The maximum Gasteiger partial charge on any atom is 0.322 e. The van der Waals surface area contributed by atoms with Crippen LogP contribution in [0.1, 0.15) is 35.5 Å². The second-order valence-corrected chi connectivity index (χ2v) is 8.52. The van der Waals surface area contributed by atoms with E-state index in [9.17, 15) is 4.79 Å². The minimum atomic E-state index is -0.417. The van der Waals surface area contributed by atoms with Crippen molar-refractivity contribution in [2.45, 2.75) is 26.4 Å². The van der Waals surface area contributed by atoms with Gasteiger partial charge >= 0.3 is 6.03 Å². The summed E-state index contributed by atoms with van der Waals surface area (Å²) in [6, 6.07) is 24.9. The summed E-state index contributed by atoms with van der Waals surface area (Å²) in [5.74, 6) is 1.59. The molecule has 7 heteroatoms. The van der Waals surface area contributed by atoms with Crippen LogP contribution in [0.2, 0.25) is 0 Å². The molecule has 0 fully saturated rings. The van der Waals surface area contributed by atoms with Crippen LogP contribution in [0.25, 0.3) is 17.0 Å². The van der Waals surface area contributed by atoms with E-state index < -0.39 is 6.04 Å². The number of carbonyl (C=O) groups is 1. The number of nitrogens with one attached hydrogen (secondary N) is 1. The van der Waals surface area contributed by atoms with Crippen molar-refractivity contribution in [3.05, 3.63) is 107 Å². The van der Waals surface area contributed by atoms with Crippen LogP contribution in [0, 0.1) is 6.92 Å². The van der Waals surface area contributed by atoms with Crippen LogP contribution in [-0.2, 0) is 6.54 Å². The second kappa shape index (κ2) is 9.46. The van der Waals surface area contributed by atoms with Gasteiger partial charge in [-0.1, -0.05) is 65.3 Å². The Bertz CT molecular complexity index is 1360. The lowest BCUT2D eigenvalue weighted by Gasteiger charge is -2.35. The van der Waals surface area contributed by atoms with E-state index in [0.29, 0.717) is 18.3 Å². The zero-order valence-electron chi connectivity index (χ0n) is 19.9. The number of methoxy groups -OCH3 is 1. The molecule has 1 unspecified atom stereocenters. The summed E-state index contributed by atoms with van der Waals surface area (Å²) in [6.45, 7) is 4.39. The lowest BCUT2D eigenvalue weighted by atomic mass is 9.94. The van der Waals surface area contributed by atoms with E-state index in [1.54, 1.807) is 12.0 Å². The van der Waals surface area contributed by atoms with Crippen molar-refractivity contribution < 1.29 is 14.1 Å². The number of benzene rings is 3. The Hall–Kier alpha value is -4.39. The number of hydrogen-bond donors (Lipinski definition) is 1. The smallest absolute Gasteiger partial charge is 0.322 e. The molecule has 5 rings (SSSR count). The summed E-state index contributed by atoms with van der Waals surface area (Å²) in [5, 5.41) is 7.38. The number of aromatic nitrogens is 2. The van der Waals surface area contributed by atoms with Gasteiger partial charge in [0.15, 0.2) is 0 Å². The maximum atomic E-state index is 13.2. The van der Waals surface area contributed by atoms with Crippen LogP contribution >= 0.6 is 0 Å². The van der Waals surface area contributed by atoms with Crippen molar-refractivity contribution in [1.82, 2.24) is 20.4 Å². The van der Waals surface area contributed by atoms with E-state index in [1.165, 1.54) is 0 Å². The summed E-state index contributed by atoms with van der Waals surface area (Å²) in [7, 11) is 1.63. The van der Waals surface area contributed by atoms with Gasteiger partial charge < -0.3 is 14.6 Å². The van der Waals surface area contributed by atoms with Crippen LogP contribution in [0.4, 0.5) is 4.79 Å². The van der Waals surface area contributed by atoms with Crippen LogP contribution in [0.3, 0.4) is 0 Å². The van der Waals surface area contributed by atoms with Crippen molar-refractivity contribution >= 4 is 11.6 Å². The molecule has 3 aromatic carbocycles. The van der Waals surface area contributed by atoms with E-state index in [2.05, 4.69) is 10.5 Å². The lowest BCUT2D eigenvalue weighted by Crippen LogP contribution is -2.45. The number of urea groups is 1. The zero-order valence-corrected chi connectivity index (χ0v) is 19.9. The van der Waals surface area contributed by atoms with Gasteiger partial charge in [-0.3, -0.25) is 4.90 Å². The molecule has 35 heavy (non-hydrogen) atoms. The molecule has 0 bridgehead atoms. The van der Waals surface area contributed by atoms with Crippen LogP contribution in [-0.4, -0.2) is 28.2 Å². The predicted octanol–water partition coefficient (Wildman–Crippen LogP) is 5.75. The molecule has 0 saturated carbocycles. The molecule has 0 saturated heterocycles. The fraction of sp³-hybridized carbons (Fsp3) is 0.179. The average Bonchev–Trinajstić information content (AvgIpc) is 3.37. The predicted molar refractivity (Wildman–Crippen MR) is 133 cm³/mol. The average molecular weight is 467 g/mol. The Balaban J connectivity index is 1.57. The molecular formula is C28H26N4O3. The van der Waals surface area contributed by atoms with Gasteiger partial charge in [0.2, 0.25) is 5.82 Å². The standard InChI is InChI=1S/C28H26N4O3/c1-18-9-11-21(12-10-18)25-24(19(2)32(28(33)29-25)17-20-7-5-4-6-8-20)27-30-26(31-35-27)22-13-15-23(34-3)16-14-22/h4-16,25H,17H2,1-3H3,(H,29,33). The van der Waals surface area contributed by atoms with Gasteiger partial charge in [-0.15, -0.1) is 0 Å². The first-order chi connectivity index (χ1) is 17.0. The van der Waals surface area contributed by atoms with Crippen LogP contribution in [0.5, 0.6) is 5.75 Å². The normalized spacial score (nSPS) is 15.8. The number of allylic oxidation sites excluding steroid dienone is 1. The number of rotatable bonds is 6. The van der Waals surface area contributed by atoms with Crippen molar-refractivity contribution in [2.24, 2.45) is 0 Å². The van der Waals surface area contributed by atoms with Crippen molar-refractivity contribution in [1.29, 1.82) is 0 Å². The molecular weight excluding hydrogens is 440 g/mol. The summed E-state index contributed by atoms with van der Waals surface area (Å²) < 4.78 is 11.0. The van der Waals surface area contributed by atoms with Gasteiger partial charge in [-0.05, 0) is 49.2 Å². The fourth-order valence-corrected chi connectivity index (χ4v) is 4.21. The molecule has 2 amide bonds. The molecule has 4 aromatic rings. The Morgan fingerprint density at radius 3 is 2.37 bits per heavy atom. The van der Waals surface area contributed by atoms with Gasteiger partial charge in [0.1, 0.15) is 5.75 Å². The number of hydrogen-bond acceptors (Lipinski definition) is 5. The number of nitrogens with zero attached hydrogens (tertiary/aromatic N) is 3.